The Labute approximate surface area is 197 Å². The van der Waals surface area contributed by atoms with E-state index in [0.717, 1.165) is 12.0 Å². The maximum Gasteiger partial charge on any atom is 0.261 e. The van der Waals surface area contributed by atoms with Crippen LogP contribution in [0.5, 0.6) is 5.75 Å². The van der Waals surface area contributed by atoms with Crippen molar-refractivity contribution >= 4 is 11.8 Å². The Morgan fingerprint density at radius 1 is 1.00 bits per heavy atom. The molecular weight excluding hydrogens is 419 g/mol. The van der Waals surface area contributed by atoms with E-state index in [2.05, 4.69) is 26.1 Å². The zero-order valence-corrected chi connectivity index (χ0v) is 20.7. The van der Waals surface area contributed by atoms with E-state index in [0.29, 0.717) is 12.2 Å². The van der Waals surface area contributed by atoms with Gasteiger partial charge < -0.3 is 15.0 Å². The first-order valence-electron chi connectivity index (χ1n) is 11.6. The summed E-state index contributed by atoms with van der Waals surface area (Å²) in [6, 6.07) is 13.0. The van der Waals surface area contributed by atoms with Gasteiger partial charge in [0, 0.05) is 12.6 Å². The van der Waals surface area contributed by atoms with Crippen LogP contribution in [0.15, 0.2) is 48.5 Å². The highest BCUT2D eigenvalue weighted by Gasteiger charge is 2.29. The van der Waals surface area contributed by atoms with Gasteiger partial charge in [-0.2, -0.15) is 0 Å². The highest BCUT2D eigenvalue weighted by atomic mass is 19.1. The summed E-state index contributed by atoms with van der Waals surface area (Å²) in [6.07, 6.45) is 1.25. The Morgan fingerprint density at radius 3 is 2.12 bits per heavy atom. The number of rotatable bonds is 10. The molecule has 2 amide bonds. The summed E-state index contributed by atoms with van der Waals surface area (Å²) < 4.78 is 19.1. The van der Waals surface area contributed by atoms with Crippen molar-refractivity contribution in [2.45, 2.75) is 78.4 Å². The Balaban J connectivity index is 2.19. The van der Waals surface area contributed by atoms with Gasteiger partial charge in [-0.15, -0.1) is 0 Å². The van der Waals surface area contributed by atoms with Gasteiger partial charge in [0.2, 0.25) is 5.91 Å². The van der Waals surface area contributed by atoms with Crippen molar-refractivity contribution in [3.05, 3.63) is 65.5 Å². The van der Waals surface area contributed by atoms with E-state index < -0.39 is 6.04 Å². The first kappa shape index (κ1) is 26.4. The second kappa shape index (κ2) is 11.8. The van der Waals surface area contributed by atoms with Gasteiger partial charge in [-0.05, 0) is 60.6 Å². The van der Waals surface area contributed by atoms with Crippen LogP contribution in [0.2, 0.25) is 0 Å². The van der Waals surface area contributed by atoms with Gasteiger partial charge in [-0.3, -0.25) is 9.59 Å². The minimum atomic E-state index is -0.650. The van der Waals surface area contributed by atoms with Gasteiger partial charge in [0.05, 0.1) is 0 Å². The minimum absolute atomic E-state index is 0.00639. The molecule has 0 aromatic heterocycles. The molecule has 2 rings (SSSR count). The lowest BCUT2D eigenvalue weighted by molar-refractivity contribution is -0.143. The molecule has 0 fully saturated rings. The first-order valence-corrected chi connectivity index (χ1v) is 11.6. The molecule has 2 aromatic rings. The van der Waals surface area contributed by atoms with Gasteiger partial charge in [-0.25, -0.2) is 4.39 Å². The molecule has 1 N–H and O–H groups in total. The molecule has 0 unspecified atom stereocenters. The van der Waals surface area contributed by atoms with E-state index in [9.17, 15) is 14.0 Å². The molecule has 0 aliphatic carbocycles. The number of carbonyl (C=O) groups excluding carboxylic acids is 2. The van der Waals surface area contributed by atoms with Crippen LogP contribution in [-0.2, 0) is 21.5 Å². The van der Waals surface area contributed by atoms with Gasteiger partial charge >= 0.3 is 0 Å². The number of nitrogens with zero attached hydrogens (tertiary/aromatic N) is 1. The summed E-state index contributed by atoms with van der Waals surface area (Å²) in [4.78, 5) is 27.7. The number of amides is 2. The molecule has 6 heteroatoms. The fourth-order valence-electron chi connectivity index (χ4n) is 3.43. The van der Waals surface area contributed by atoms with Gasteiger partial charge in [0.25, 0.3) is 5.91 Å². The maximum absolute atomic E-state index is 13.4. The van der Waals surface area contributed by atoms with Crippen molar-refractivity contribution in [3.8, 4) is 5.75 Å². The Morgan fingerprint density at radius 2 is 1.61 bits per heavy atom. The average molecular weight is 457 g/mol. The second-order valence-corrected chi connectivity index (χ2v) is 9.45. The summed E-state index contributed by atoms with van der Waals surface area (Å²) >= 11 is 0. The molecule has 0 spiro atoms. The lowest BCUT2D eigenvalue weighted by Crippen LogP contribution is -2.51. The third kappa shape index (κ3) is 7.88. The third-order valence-corrected chi connectivity index (χ3v) is 5.74. The number of nitrogens with one attached hydrogen (secondary N) is 1. The summed E-state index contributed by atoms with van der Waals surface area (Å²) in [5.74, 6) is -0.252. The standard InChI is InChI=1S/C27H37FN2O3/c1-7-19(3)29-26(32)24(8-2)30(17-20-9-13-22(28)14-10-20)25(31)18-33-23-15-11-21(12-16-23)27(4,5)6/h9-16,19,24H,7-8,17-18H2,1-6H3,(H,29,32)/t19-,24+/m0/s1. The minimum Gasteiger partial charge on any atom is -0.484 e. The van der Waals surface area contributed by atoms with E-state index in [1.54, 1.807) is 12.1 Å². The number of ether oxygens (including phenoxy) is 1. The molecule has 0 aliphatic rings. The van der Waals surface area contributed by atoms with Crippen molar-refractivity contribution in [1.82, 2.24) is 10.2 Å². The molecule has 2 aromatic carbocycles. The largest absolute Gasteiger partial charge is 0.484 e. The monoisotopic (exact) mass is 456 g/mol. The predicted octanol–water partition coefficient (Wildman–Crippen LogP) is 5.22. The van der Waals surface area contributed by atoms with Crippen LogP contribution >= 0.6 is 0 Å². The van der Waals surface area contributed by atoms with Crippen LogP contribution in [0, 0.1) is 5.82 Å². The molecule has 0 aliphatic heterocycles. The topological polar surface area (TPSA) is 58.6 Å². The van der Waals surface area contributed by atoms with E-state index >= 15 is 0 Å². The second-order valence-electron chi connectivity index (χ2n) is 9.45. The number of halogens is 1. The molecule has 0 radical (unpaired) electrons. The molecule has 5 nitrogen and oxygen atoms in total. The highest BCUT2D eigenvalue weighted by molar-refractivity contribution is 5.88. The molecule has 0 heterocycles. The normalized spacial score (nSPS) is 13.2. The Bertz CT molecular complexity index is 904. The van der Waals surface area contributed by atoms with E-state index in [-0.39, 0.29) is 42.2 Å². The van der Waals surface area contributed by atoms with Crippen LogP contribution < -0.4 is 10.1 Å². The zero-order valence-electron chi connectivity index (χ0n) is 20.7. The van der Waals surface area contributed by atoms with Crippen molar-refractivity contribution in [2.75, 3.05) is 6.61 Å². The smallest absolute Gasteiger partial charge is 0.261 e. The lowest BCUT2D eigenvalue weighted by atomic mass is 9.87. The maximum atomic E-state index is 13.4. The van der Waals surface area contributed by atoms with Crippen molar-refractivity contribution < 1.29 is 18.7 Å². The number of hydrogen-bond donors (Lipinski definition) is 1. The van der Waals surface area contributed by atoms with E-state index in [4.69, 9.17) is 4.74 Å². The van der Waals surface area contributed by atoms with Gasteiger partial charge in [0.15, 0.2) is 6.61 Å². The van der Waals surface area contributed by atoms with Crippen LogP contribution in [0.3, 0.4) is 0 Å². The number of benzene rings is 2. The number of carbonyl (C=O) groups is 2. The summed E-state index contributed by atoms with van der Waals surface area (Å²) in [5, 5.41) is 2.97. The molecule has 180 valence electrons. The van der Waals surface area contributed by atoms with Crippen LogP contribution in [0.25, 0.3) is 0 Å². The van der Waals surface area contributed by atoms with Crippen molar-refractivity contribution in [1.29, 1.82) is 0 Å². The van der Waals surface area contributed by atoms with Crippen molar-refractivity contribution in [3.63, 3.8) is 0 Å². The Hall–Kier alpha value is -2.89. The zero-order chi connectivity index (χ0) is 24.6. The molecule has 0 bridgehead atoms. The summed E-state index contributed by atoms with van der Waals surface area (Å²) in [5.41, 5.74) is 1.94. The van der Waals surface area contributed by atoms with Crippen molar-refractivity contribution in [2.24, 2.45) is 0 Å². The van der Waals surface area contributed by atoms with E-state index in [1.807, 2.05) is 45.0 Å². The molecule has 0 saturated heterocycles. The first-order chi connectivity index (χ1) is 15.5. The predicted molar refractivity (Wildman–Crippen MR) is 130 cm³/mol. The van der Waals surface area contributed by atoms with Crippen LogP contribution in [0.1, 0.15) is 65.5 Å². The third-order valence-electron chi connectivity index (χ3n) is 5.74. The fourth-order valence-corrected chi connectivity index (χ4v) is 3.43. The van der Waals surface area contributed by atoms with E-state index in [1.165, 1.54) is 22.6 Å². The lowest BCUT2D eigenvalue weighted by Gasteiger charge is -2.31. The van der Waals surface area contributed by atoms with Gasteiger partial charge in [0.1, 0.15) is 17.6 Å². The highest BCUT2D eigenvalue weighted by Crippen LogP contribution is 2.24. The molecule has 33 heavy (non-hydrogen) atoms. The summed E-state index contributed by atoms with van der Waals surface area (Å²) in [7, 11) is 0. The Kier molecular flexibility index (Phi) is 9.44. The quantitative estimate of drug-likeness (QED) is 0.533. The average Bonchev–Trinajstić information content (AvgIpc) is 2.78. The molecule has 2 atom stereocenters. The number of hydrogen-bond acceptors (Lipinski definition) is 3. The molecule has 0 saturated carbocycles. The van der Waals surface area contributed by atoms with Gasteiger partial charge in [-0.1, -0.05) is 58.9 Å². The van der Waals surface area contributed by atoms with Crippen LogP contribution in [-0.4, -0.2) is 35.4 Å². The summed E-state index contributed by atoms with van der Waals surface area (Å²) in [6.45, 7) is 12.2. The fraction of sp³-hybridized carbons (Fsp3) is 0.481. The molecular formula is C27H37FN2O3. The van der Waals surface area contributed by atoms with Crippen LogP contribution in [0.4, 0.5) is 4.39 Å². The SMILES string of the molecule is CC[C@H](C(=O)N[C@@H](C)CC)N(Cc1ccc(F)cc1)C(=O)COc1ccc(C(C)(C)C)cc1.